The quantitative estimate of drug-likeness (QED) is 0.675. The molecule has 1 N–H and O–H groups in total. The summed E-state index contributed by atoms with van der Waals surface area (Å²) in [6.07, 6.45) is 2.99. The summed E-state index contributed by atoms with van der Waals surface area (Å²) in [6, 6.07) is 2.56. The van der Waals surface area contributed by atoms with Gasteiger partial charge in [0.1, 0.15) is 16.9 Å². The molecule has 1 amide bonds. The molecule has 0 bridgehead atoms. The van der Waals surface area contributed by atoms with Crippen molar-refractivity contribution in [1.82, 2.24) is 14.8 Å². The van der Waals surface area contributed by atoms with Gasteiger partial charge in [-0.25, -0.2) is 0 Å². The summed E-state index contributed by atoms with van der Waals surface area (Å²) in [7, 11) is 0. The van der Waals surface area contributed by atoms with Crippen LogP contribution in [-0.4, -0.2) is 26.4 Å². The molecule has 1 unspecified atom stereocenters. The predicted molar refractivity (Wildman–Crippen MR) is 119 cm³/mol. The smallest absolute Gasteiger partial charge is 0.235 e. The van der Waals surface area contributed by atoms with Crippen molar-refractivity contribution < 1.29 is 4.79 Å². The molecular formula is C21H29N5OS2. The van der Waals surface area contributed by atoms with Crippen molar-refractivity contribution in [3.8, 4) is 6.07 Å². The number of nitrogens with one attached hydrogen (secondary N) is 1. The van der Waals surface area contributed by atoms with Gasteiger partial charge in [0.15, 0.2) is 5.16 Å². The van der Waals surface area contributed by atoms with Gasteiger partial charge in [-0.2, -0.15) is 5.26 Å². The highest BCUT2D eigenvalue weighted by atomic mass is 32.2. The monoisotopic (exact) mass is 431 g/mol. The molecule has 8 heteroatoms. The molecule has 0 spiro atoms. The van der Waals surface area contributed by atoms with E-state index in [1.54, 1.807) is 11.3 Å². The molecule has 2 heterocycles. The Morgan fingerprint density at radius 3 is 2.76 bits per heavy atom. The number of amides is 1. The fraction of sp³-hybridized carbons (Fsp3) is 0.619. The number of aryl methyl sites for hydroxylation is 1. The van der Waals surface area contributed by atoms with E-state index in [2.05, 4.69) is 56.2 Å². The van der Waals surface area contributed by atoms with Gasteiger partial charge in [-0.05, 0) is 56.9 Å². The van der Waals surface area contributed by atoms with Crippen LogP contribution in [0.1, 0.15) is 68.9 Å². The van der Waals surface area contributed by atoms with Crippen LogP contribution in [0, 0.1) is 29.6 Å². The molecule has 0 radical (unpaired) electrons. The van der Waals surface area contributed by atoms with Gasteiger partial charge in [0, 0.05) is 10.9 Å². The van der Waals surface area contributed by atoms with Crippen LogP contribution in [0.4, 0.5) is 5.00 Å². The van der Waals surface area contributed by atoms with E-state index in [4.69, 9.17) is 0 Å². The molecule has 0 aromatic carbocycles. The molecule has 2 aromatic rings. The molecule has 29 heavy (non-hydrogen) atoms. The Morgan fingerprint density at radius 1 is 1.41 bits per heavy atom. The number of hydrogen-bond donors (Lipinski definition) is 1. The Balaban J connectivity index is 1.70. The maximum atomic E-state index is 12.6. The van der Waals surface area contributed by atoms with Crippen LogP contribution >= 0.6 is 23.1 Å². The number of aromatic nitrogens is 3. The third-order valence-electron chi connectivity index (χ3n) is 5.54. The summed E-state index contributed by atoms with van der Waals surface area (Å²) in [5.74, 6) is 1.57. The normalized spacial score (nSPS) is 16.6. The summed E-state index contributed by atoms with van der Waals surface area (Å²) in [5.41, 5.74) is 2.03. The van der Waals surface area contributed by atoms with E-state index in [9.17, 15) is 10.1 Å². The van der Waals surface area contributed by atoms with Crippen LogP contribution in [0.5, 0.6) is 0 Å². The molecule has 0 aliphatic heterocycles. The Bertz CT molecular complexity index is 946. The second-order valence-electron chi connectivity index (χ2n) is 8.96. The lowest BCUT2D eigenvalue weighted by Crippen LogP contribution is -2.26. The van der Waals surface area contributed by atoms with Crippen molar-refractivity contribution in [3.05, 3.63) is 21.8 Å². The molecule has 1 aliphatic rings. The molecular weight excluding hydrogens is 402 g/mol. The molecule has 0 fully saturated rings. The van der Waals surface area contributed by atoms with E-state index in [-0.39, 0.29) is 23.1 Å². The number of rotatable bonds is 5. The van der Waals surface area contributed by atoms with Gasteiger partial charge in [-0.1, -0.05) is 32.5 Å². The molecule has 6 nitrogen and oxygen atoms in total. The Labute approximate surface area is 181 Å². The number of carbonyl (C=O) groups excluding carboxylic acids is 1. The second-order valence-corrected chi connectivity index (χ2v) is 11.0. The highest BCUT2D eigenvalue weighted by Gasteiger charge is 2.32. The lowest BCUT2D eigenvalue weighted by Gasteiger charge is -2.33. The minimum Gasteiger partial charge on any atom is -0.316 e. The van der Waals surface area contributed by atoms with Gasteiger partial charge in [-0.15, -0.1) is 21.5 Å². The van der Waals surface area contributed by atoms with Crippen LogP contribution in [0.2, 0.25) is 0 Å². The number of thiophene rings is 1. The first-order valence-corrected chi connectivity index (χ1v) is 11.8. The summed E-state index contributed by atoms with van der Waals surface area (Å²) in [6.45, 7) is 12.9. The average molecular weight is 432 g/mol. The zero-order valence-corrected chi connectivity index (χ0v) is 19.6. The number of thioether (sulfide) groups is 1. The van der Waals surface area contributed by atoms with Crippen molar-refractivity contribution in [2.75, 3.05) is 11.1 Å². The lowest BCUT2D eigenvalue weighted by atomic mass is 9.72. The summed E-state index contributed by atoms with van der Waals surface area (Å²) < 4.78 is 2.02. The Kier molecular flexibility index (Phi) is 6.39. The zero-order chi connectivity index (χ0) is 21.3. The van der Waals surface area contributed by atoms with Crippen LogP contribution in [0.15, 0.2) is 5.16 Å². The van der Waals surface area contributed by atoms with Crippen LogP contribution in [-0.2, 0) is 17.6 Å². The third-order valence-corrected chi connectivity index (χ3v) is 7.65. The van der Waals surface area contributed by atoms with Gasteiger partial charge < -0.3 is 9.88 Å². The first-order chi connectivity index (χ1) is 13.6. The predicted octanol–water partition coefficient (Wildman–Crippen LogP) is 4.98. The zero-order valence-electron chi connectivity index (χ0n) is 18.0. The highest BCUT2D eigenvalue weighted by molar-refractivity contribution is 7.99. The van der Waals surface area contributed by atoms with E-state index in [1.807, 2.05) is 11.5 Å². The largest absolute Gasteiger partial charge is 0.316 e. The minimum absolute atomic E-state index is 0.117. The van der Waals surface area contributed by atoms with E-state index in [0.29, 0.717) is 16.5 Å². The molecule has 3 rings (SSSR count). The number of carbonyl (C=O) groups is 1. The number of nitriles is 1. The fourth-order valence-electron chi connectivity index (χ4n) is 3.87. The van der Waals surface area contributed by atoms with Gasteiger partial charge >= 0.3 is 0 Å². The molecule has 156 valence electrons. The summed E-state index contributed by atoms with van der Waals surface area (Å²) in [5, 5.41) is 22.4. The average Bonchev–Trinajstić information content (AvgIpc) is 3.17. The van der Waals surface area contributed by atoms with Gasteiger partial charge in [0.05, 0.1) is 11.3 Å². The van der Waals surface area contributed by atoms with Gasteiger partial charge in [0.2, 0.25) is 5.91 Å². The highest BCUT2D eigenvalue weighted by Crippen LogP contribution is 2.44. The second kappa shape index (κ2) is 8.49. The summed E-state index contributed by atoms with van der Waals surface area (Å²) >= 11 is 2.95. The molecule has 1 aliphatic carbocycles. The topological polar surface area (TPSA) is 83.6 Å². The lowest BCUT2D eigenvalue weighted by molar-refractivity contribution is -0.113. The van der Waals surface area contributed by atoms with Gasteiger partial charge in [0.25, 0.3) is 0 Å². The minimum atomic E-state index is -0.117. The van der Waals surface area contributed by atoms with Crippen molar-refractivity contribution in [3.63, 3.8) is 0 Å². The number of hydrogen-bond acceptors (Lipinski definition) is 6. The van der Waals surface area contributed by atoms with Crippen LogP contribution in [0.3, 0.4) is 0 Å². The Hall–Kier alpha value is -1.85. The number of anilines is 1. The maximum absolute atomic E-state index is 12.6. The van der Waals surface area contributed by atoms with Crippen molar-refractivity contribution >= 4 is 34.0 Å². The standard InChI is InChI=1S/C21H29N5OS2/c1-12(2)26-13(3)24-25-20(26)28-11-18(27)23-19-16(10-22)15-8-7-14(21(4,5)6)9-17(15)29-19/h12,14H,7-9,11H2,1-6H3,(H,23,27). The van der Waals surface area contributed by atoms with Crippen molar-refractivity contribution in [2.24, 2.45) is 11.3 Å². The molecule has 0 saturated heterocycles. The fourth-order valence-corrected chi connectivity index (χ4v) is 6.07. The van der Waals surface area contributed by atoms with Crippen LogP contribution < -0.4 is 5.32 Å². The van der Waals surface area contributed by atoms with Crippen LogP contribution in [0.25, 0.3) is 0 Å². The van der Waals surface area contributed by atoms with E-state index in [1.165, 1.54) is 16.6 Å². The maximum Gasteiger partial charge on any atom is 0.235 e. The van der Waals surface area contributed by atoms with Gasteiger partial charge in [-0.3, -0.25) is 4.79 Å². The third kappa shape index (κ3) is 4.67. The van der Waals surface area contributed by atoms with Crippen molar-refractivity contribution in [1.29, 1.82) is 5.26 Å². The van der Waals surface area contributed by atoms with Crippen molar-refractivity contribution in [2.45, 2.75) is 72.0 Å². The van der Waals surface area contributed by atoms with E-state index < -0.39 is 0 Å². The molecule has 0 saturated carbocycles. The molecule has 2 aromatic heterocycles. The number of fused-ring (bicyclic) bond motifs is 1. The van der Waals surface area contributed by atoms with E-state index in [0.717, 1.165) is 35.8 Å². The number of nitrogens with zero attached hydrogens (tertiary/aromatic N) is 4. The Morgan fingerprint density at radius 2 is 2.14 bits per heavy atom. The molecule has 1 atom stereocenters. The summed E-state index contributed by atoms with van der Waals surface area (Å²) in [4.78, 5) is 13.8. The SMILES string of the molecule is Cc1nnc(SCC(=O)Nc2sc3c(c2C#N)CCC(C(C)(C)C)C3)n1C(C)C. The van der Waals surface area contributed by atoms with E-state index >= 15 is 0 Å². The first kappa shape index (κ1) is 21.8. The first-order valence-electron chi connectivity index (χ1n) is 10.0.